The normalized spacial score (nSPS) is 17.6. The summed E-state index contributed by atoms with van der Waals surface area (Å²) in [6.07, 6.45) is 1.30. The Bertz CT molecular complexity index is 1970. The molecule has 11 heteroatoms. The van der Waals surface area contributed by atoms with Crippen molar-refractivity contribution in [2.45, 2.75) is 23.9 Å². The zero-order valence-corrected chi connectivity index (χ0v) is 27.0. The minimum absolute atomic E-state index is 0.0601. The first-order valence-electron chi connectivity index (χ1n) is 15.8. The van der Waals surface area contributed by atoms with E-state index in [4.69, 9.17) is 18.9 Å². The number of methoxy groups -OCH3 is 2. The topological polar surface area (TPSA) is 130 Å². The maximum atomic E-state index is 12.8. The second-order valence-corrected chi connectivity index (χ2v) is 11.6. The molecular formula is C38H35N5O6. The highest BCUT2D eigenvalue weighted by Gasteiger charge is 2.43. The number of rotatable bonds is 11. The van der Waals surface area contributed by atoms with Crippen LogP contribution in [0.15, 0.2) is 122 Å². The first-order chi connectivity index (χ1) is 24.0. The molecule has 3 atom stereocenters. The summed E-state index contributed by atoms with van der Waals surface area (Å²) in [6, 6.07) is 33.8. The van der Waals surface area contributed by atoms with Gasteiger partial charge >= 0.3 is 0 Å². The number of carbonyl (C=O) groups excluding carboxylic acids is 1. The van der Waals surface area contributed by atoms with Crippen LogP contribution in [0, 0.1) is 0 Å². The Morgan fingerprint density at radius 3 is 2.04 bits per heavy atom. The predicted octanol–water partition coefficient (Wildman–Crippen LogP) is 5.41. The second-order valence-electron chi connectivity index (χ2n) is 11.6. The molecule has 1 aliphatic rings. The molecule has 1 fully saturated rings. The minimum Gasteiger partial charge on any atom is -0.497 e. The first-order valence-corrected chi connectivity index (χ1v) is 15.8. The molecule has 0 unspecified atom stereocenters. The third-order valence-electron chi connectivity index (χ3n) is 8.88. The van der Waals surface area contributed by atoms with Crippen LogP contribution in [0.1, 0.15) is 33.1 Å². The Labute approximate surface area is 283 Å². The molecule has 2 N–H and O–H groups in total. The van der Waals surface area contributed by atoms with Crippen LogP contribution in [-0.2, 0) is 15.1 Å². The summed E-state index contributed by atoms with van der Waals surface area (Å²) in [4.78, 5) is 26.1. The lowest BCUT2D eigenvalue weighted by Crippen LogP contribution is -2.39. The summed E-state index contributed by atoms with van der Waals surface area (Å²) < 4.78 is 25.9. The number of benzene rings is 4. The Hall–Kier alpha value is -5.62. The molecule has 6 aromatic rings. The van der Waals surface area contributed by atoms with Gasteiger partial charge in [0.25, 0.3) is 5.91 Å². The molecule has 0 radical (unpaired) electrons. The molecule has 3 heterocycles. The summed E-state index contributed by atoms with van der Waals surface area (Å²) in [5, 5.41) is 14.5. The summed E-state index contributed by atoms with van der Waals surface area (Å²) in [5.74, 6) is 1.40. The van der Waals surface area contributed by atoms with Gasteiger partial charge in [0.05, 0.1) is 39.8 Å². The van der Waals surface area contributed by atoms with Crippen molar-refractivity contribution in [3.63, 3.8) is 0 Å². The number of ether oxygens (including phenoxy) is 4. The zero-order valence-electron chi connectivity index (χ0n) is 27.0. The van der Waals surface area contributed by atoms with Crippen molar-refractivity contribution in [1.82, 2.24) is 19.5 Å². The van der Waals surface area contributed by atoms with Crippen molar-refractivity contribution < 1.29 is 28.8 Å². The number of nitrogens with one attached hydrogen (secondary N) is 1. The third-order valence-corrected chi connectivity index (χ3v) is 8.88. The molecule has 0 aliphatic carbocycles. The quantitative estimate of drug-likeness (QED) is 0.176. The van der Waals surface area contributed by atoms with Gasteiger partial charge in [-0.3, -0.25) is 4.79 Å². The van der Waals surface area contributed by atoms with Crippen LogP contribution in [0.5, 0.6) is 11.5 Å². The fraction of sp³-hybridized carbons (Fsp3) is 0.211. The Morgan fingerprint density at radius 1 is 0.837 bits per heavy atom. The van der Waals surface area contributed by atoms with Crippen LogP contribution in [-0.4, -0.2) is 70.2 Å². The smallest absolute Gasteiger partial charge is 0.256 e. The number of anilines is 1. The van der Waals surface area contributed by atoms with E-state index in [-0.39, 0.29) is 24.9 Å². The lowest BCUT2D eigenvalue weighted by atomic mass is 9.80. The van der Waals surface area contributed by atoms with Crippen molar-refractivity contribution in [3.8, 4) is 11.5 Å². The summed E-state index contributed by atoms with van der Waals surface area (Å²) in [6.45, 7) is 0.254. The van der Waals surface area contributed by atoms with Gasteiger partial charge in [0.1, 0.15) is 35.6 Å². The van der Waals surface area contributed by atoms with E-state index < -0.39 is 23.9 Å². The number of aliphatic hydroxyl groups is 1. The second kappa shape index (κ2) is 13.9. The highest BCUT2D eigenvalue weighted by Crippen LogP contribution is 2.42. The SMILES string of the molecule is COc1ccc(C(OC[C@H]2OC[C@@H](n3cnc4c(NC(=O)c5ccccc5)ncnc43)[C@@H]2O)(c2ccccc2)c2ccc(OC)cc2)cc1. The number of aliphatic hydroxyl groups excluding tert-OH is 1. The minimum atomic E-state index is -1.07. The lowest BCUT2D eigenvalue weighted by molar-refractivity contribution is -0.0705. The largest absolute Gasteiger partial charge is 0.497 e. The van der Waals surface area contributed by atoms with E-state index in [9.17, 15) is 9.90 Å². The Balaban J connectivity index is 1.18. The lowest BCUT2D eigenvalue weighted by Gasteiger charge is -2.37. The molecule has 49 heavy (non-hydrogen) atoms. The maximum absolute atomic E-state index is 12.8. The van der Waals surface area contributed by atoms with Gasteiger partial charge in [0.15, 0.2) is 17.0 Å². The highest BCUT2D eigenvalue weighted by atomic mass is 16.6. The zero-order chi connectivity index (χ0) is 33.8. The number of nitrogens with zero attached hydrogens (tertiary/aromatic N) is 4. The van der Waals surface area contributed by atoms with Crippen LogP contribution in [0.3, 0.4) is 0 Å². The number of imidazole rings is 1. The van der Waals surface area contributed by atoms with Crippen LogP contribution >= 0.6 is 0 Å². The summed E-state index contributed by atoms with van der Waals surface area (Å²) >= 11 is 0. The van der Waals surface area contributed by atoms with Gasteiger partial charge in [-0.15, -0.1) is 0 Å². The highest BCUT2D eigenvalue weighted by molar-refractivity contribution is 6.06. The van der Waals surface area contributed by atoms with E-state index in [1.54, 1.807) is 49.4 Å². The van der Waals surface area contributed by atoms with Crippen molar-refractivity contribution >= 4 is 22.9 Å². The number of aromatic nitrogens is 4. The van der Waals surface area contributed by atoms with Crippen molar-refractivity contribution in [2.75, 3.05) is 32.8 Å². The number of amides is 1. The van der Waals surface area contributed by atoms with Gasteiger partial charge in [0.2, 0.25) is 0 Å². The van der Waals surface area contributed by atoms with Gasteiger partial charge in [-0.05, 0) is 53.1 Å². The average Bonchev–Trinajstić information content (AvgIpc) is 3.76. The Morgan fingerprint density at radius 2 is 1.43 bits per heavy atom. The molecule has 248 valence electrons. The molecule has 1 saturated heterocycles. The number of hydrogen-bond acceptors (Lipinski definition) is 9. The van der Waals surface area contributed by atoms with Gasteiger partial charge < -0.3 is 33.9 Å². The molecule has 1 amide bonds. The molecule has 2 aromatic heterocycles. The molecule has 1 aliphatic heterocycles. The van der Waals surface area contributed by atoms with E-state index in [0.29, 0.717) is 16.7 Å². The van der Waals surface area contributed by atoms with Crippen molar-refractivity contribution in [2.24, 2.45) is 0 Å². The average molecular weight is 658 g/mol. The predicted molar refractivity (Wildman–Crippen MR) is 183 cm³/mol. The molecule has 4 aromatic carbocycles. The van der Waals surface area contributed by atoms with E-state index in [1.165, 1.54) is 6.33 Å². The number of hydrogen-bond donors (Lipinski definition) is 2. The Kier molecular flexibility index (Phi) is 9.03. The molecular weight excluding hydrogens is 622 g/mol. The first kappa shape index (κ1) is 32.0. The van der Waals surface area contributed by atoms with E-state index >= 15 is 0 Å². The van der Waals surface area contributed by atoms with Crippen molar-refractivity contribution in [1.29, 1.82) is 0 Å². The third kappa shape index (κ3) is 6.11. The molecule has 0 spiro atoms. The van der Waals surface area contributed by atoms with E-state index in [0.717, 1.165) is 28.2 Å². The van der Waals surface area contributed by atoms with E-state index in [1.807, 2.05) is 84.9 Å². The number of fused-ring (bicyclic) bond motifs is 1. The monoisotopic (exact) mass is 657 g/mol. The van der Waals surface area contributed by atoms with Gasteiger partial charge in [-0.2, -0.15) is 0 Å². The van der Waals surface area contributed by atoms with Gasteiger partial charge in [-0.25, -0.2) is 15.0 Å². The standard InChI is InChI=1S/C38H35N5O6/c1-46-29-17-13-27(14-18-29)38(26-11-7-4-8-12-26,28-15-19-30(47-2)20-16-28)49-22-32-34(44)31(21-48-32)43-24-41-33-35(39-23-40-36(33)43)42-37(45)25-9-5-3-6-10-25/h3-20,23-24,31-32,34,44H,21-22H2,1-2H3,(H,39,40,42,45)/t31-,32-,34+/m1/s1. The fourth-order valence-corrected chi connectivity index (χ4v) is 6.30. The number of carbonyl (C=O) groups is 1. The van der Waals surface area contributed by atoms with Crippen LogP contribution in [0.4, 0.5) is 5.82 Å². The molecule has 7 rings (SSSR count). The van der Waals surface area contributed by atoms with Crippen LogP contribution in [0.25, 0.3) is 11.2 Å². The maximum Gasteiger partial charge on any atom is 0.256 e. The fourth-order valence-electron chi connectivity index (χ4n) is 6.30. The summed E-state index contributed by atoms with van der Waals surface area (Å²) in [7, 11) is 3.26. The van der Waals surface area contributed by atoms with Gasteiger partial charge in [-0.1, -0.05) is 72.8 Å². The molecule has 0 bridgehead atoms. The van der Waals surface area contributed by atoms with Gasteiger partial charge in [0, 0.05) is 5.56 Å². The summed E-state index contributed by atoms with van der Waals surface area (Å²) in [5.41, 5.74) is 2.93. The molecule has 11 nitrogen and oxygen atoms in total. The molecule has 0 saturated carbocycles. The van der Waals surface area contributed by atoms with Crippen LogP contribution in [0.2, 0.25) is 0 Å². The van der Waals surface area contributed by atoms with E-state index in [2.05, 4.69) is 20.3 Å². The van der Waals surface area contributed by atoms with Crippen LogP contribution < -0.4 is 14.8 Å². The van der Waals surface area contributed by atoms with Crippen molar-refractivity contribution in [3.05, 3.63) is 144 Å².